The van der Waals surface area contributed by atoms with Crippen molar-refractivity contribution >= 4 is 35.6 Å². The van der Waals surface area contributed by atoms with Crippen LogP contribution in [0.15, 0.2) is 12.2 Å². The molecule has 47 nitrogen and oxygen atoms in total. The number of ether oxygens (including phenoxy) is 14. The first-order valence-corrected chi connectivity index (χ1v) is 50.6. The number of carbonyl (C=O) groups is 6. The highest BCUT2D eigenvalue weighted by Gasteiger charge is 2.65. The predicted molar refractivity (Wildman–Crippen MR) is 489 cm³/mol. The average molecular weight is 2040 g/mol. The van der Waals surface area contributed by atoms with E-state index in [-0.39, 0.29) is 6.42 Å². The number of amides is 4. The molecular formula is C94H166N4O43. The summed E-state index contributed by atoms with van der Waals surface area (Å²) in [5.74, 6) is -15.3. The summed E-state index contributed by atoms with van der Waals surface area (Å²) in [6.07, 6.45) is -37.9. The molecule has 7 heterocycles. The summed E-state index contributed by atoms with van der Waals surface area (Å²) in [5.41, 5.74) is 0. The van der Waals surface area contributed by atoms with Gasteiger partial charge in [0.25, 0.3) is 11.6 Å². The van der Waals surface area contributed by atoms with Crippen molar-refractivity contribution in [1.82, 2.24) is 21.3 Å². The molecule has 7 aliphatic heterocycles. The number of carboxylic acids is 2. The maximum Gasteiger partial charge on any atom is 0.364 e. The molecule has 0 saturated carbocycles. The highest BCUT2D eigenvalue weighted by atomic mass is 16.8. The molecule has 141 heavy (non-hydrogen) atoms. The maximum atomic E-state index is 14.6. The summed E-state index contributed by atoms with van der Waals surface area (Å²) in [4.78, 5) is 81.2. The topological polar surface area (TPSA) is 745 Å². The van der Waals surface area contributed by atoms with Gasteiger partial charge < -0.3 is 205 Å². The Labute approximate surface area is 822 Å². The zero-order valence-electron chi connectivity index (χ0n) is 82.0. The molecule has 0 aliphatic carbocycles. The number of aliphatic hydroxyl groups excluding tert-OH is 21. The van der Waals surface area contributed by atoms with Crippen LogP contribution in [-0.4, -0.2) is 437 Å². The lowest BCUT2D eigenvalue weighted by atomic mass is 9.87. The Hall–Kier alpha value is -4.84. The maximum absolute atomic E-state index is 14.6. The quantitative estimate of drug-likeness (QED) is 0.0208. The largest absolute Gasteiger partial charge is 0.477 e. The minimum absolute atomic E-state index is 0.0698. The van der Waals surface area contributed by atoms with Crippen LogP contribution in [-0.2, 0) is 95.1 Å². The number of unbranched alkanes of at least 4 members (excludes halogenated alkanes) is 29. The van der Waals surface area contributed by atoms with E-state index < -0.39 is 333 Å². The van der Waals surface area contributed by atoms with Crippen LogP contribution in [0.25, 0.3) is 0 Å². The Morgan fingerprint density at radius 2 is 0.801 bits per heavy atom. The number of allylic oxidation sites excluding steroid dienone is 1. The zero-order chi connectivity index (χ0) is 104. The lowest BCUT2D eigenvalue weighted by Crippen LogP contribution is -2.73. The molecule has 820 valence electrons. The predicted octanol–water partition coefficient (Wildman–Crippen LogP) is -3.46. The van der Waals surface area contributed by atoms with Crippen molar-refractivity contribution in [3.8, 4) is 0 Å². The number of hydrogen-bond donors (Lipinski definition) is 27. The van der Waals surface area contributed by atoms with Crippen molar-refractivity contribution in [2.24, 2.45) is 0 Å². The molecule has 27 N–H and O–H groups in total. The van der Waals surface area contributed by atoms with E-state index in [0.29, 0.717) is 12.8 Å². The number of aliphatic carboxylic acids is 2. The van der Waals surface area contributed by atoms with Gasteiger partial charge in [0.2, 0.25) is 23.6 Å². The van der Waals surface area contributed by atoms with Gasteiger partial charge in [0.05, 0.1) is 88.8 Å². The number of rotatable bonds is 65. The fraction of sp³-hybridized carbons (Fsp3) is 0.915. The van der Waals surface area contributed by atoms with Crippen molar-refractivity contribution in [3.63, 3.8) is 0 Å². The molecule has 0 bridgehead atoms. The Morgan fingerprint density at radius 3 is 1.29 bits per heavy atom. The van der Waals surface area contributed by atoms with E-state index in [2.05, 4.69) is 35.1 Å². The van der Waals surface area contributed by atoms with Crippen LogP contribution in [0.3, 0.4) is 0 Å². The third-order valence-corrected chi connectivity index (χ3v) is 27.2. The molecule has 47 heteroatoms. The molecule has 39 atom stereocenters. The summed E-state index contributed by atoms with van der Waals surface area (Å²) < 4.78 is 84.9. The molecule has 0 aromatic heterocycles. The van der Waals surface area contributed by atoms with Gasteiger partial charge in [-0.2, -0.15) is 0 Å². The number of hydrogen-bond acceptors (Lipinski definition) is 41. The van der Waals surface area contributed by atoms with E-state index in [1.54, 1.807) is 6.08 Å². The summed E-state index contributed by atoms with van der Waals surface area (Å²) in [6, 6.07) is -7.34. The van der Waals surface area contributed by atoms with E-state index in [0.717, 1.165) is 91.4 Å². The summed E-state index contributed by atoms with van der Waals surface area (Å²) in [6.45, 7) is -0.0764. The van der Waals surface area contributed by atoms with Gasteiger partial charge in [-0.05, 0) is 26.2 Å². The first-order valence-electron chi connectivity index (χ1n) is 50.6. The second-order valence-corrected chi connectivity index (χ2v) is 38.4. The number of nitrogens with one attached hydrogen (secondary N) is 4. The van der Waals surface area contributed by atoms with Crippen LogP contribution < -0.4 is 21.3 Å². The fourth-order valence-electron chi connectivity index (χ4n) is 19.0. The molecule has 0 radical (unpaired) electrons. The van der Waals surface area contributed by atoms with Gasteiger partial charge in [-0.25, -0.2) is 9.59 Å². The molecule has 7 aliphatic rings. The van der Waals surface area contributed by atoms with Crippen molar-refractivity contribution in [3.05, 3.63) is 12.2 Å². The van der Waals surface area contributed by atoms with Crippen molar-refractivity contribution in [1.29, 1.82) is 0 Å². The van der Waals surface area contributed by atoms with Gasteiger partial charge in [-0.1, -0.05) is 206 Å². The molecule has 7 fully saturated rings. The summed E-state index contributed by atoms with van der Waals surface area (Å²) >= 11 is 0. The van der Waals surface area contributed by atoms with Crippen molar-refractivity contribution in [2.45, 2.75) is 498 Å². The first-order chi connectivity index (χ1) is 67.3. The average Bonchev–Trinajstić information content (AvgIpc) is 0.742. The van der Waals surface area contributed by atoms with Crippen LogP contribution in [0.5, 0.6) is 0 Å². The summed E-state index contributed by atoms with van der Waals surface area (Å²) in [5, 5.41) is 273. The second kappa shape index (κ2) is 62.6. The highest BCUT2D eigenvalue weighted by Crippen LogP contribution is 2.44. The second-order valence-electron chi connectivity index (χ2n) is 38.4. The molecular weight excluding hydrogens is 1870 g/mol. The van der Waals surface area contributed by atoms with Crippen LogP contribution in [0.2, 0.25) is 0 Å². The number of carboxylic acid groups (broad SMARTS) is 2. The third-order valence-electron chi connectivity index (χ3n) is 27.2. The van der Waals surface area contributed by atoms with E-state index in [4.69, 9.17) is 66.3 Å². The monoisotopic (exact) mass is 2040 g/mol. The van der Waals surface area contributed by atoms with E-state index >= 15 is 0 Å². The molecule has 0 aromatic carbocycles. The Morgan fingerprint density at radius 1 is 0.397 bits per heavy atom. The molecule has 0 aromatic rings. The molecule has 7 rings (SSSR count). The lowest BCUT2D eigenvalue weighted by molar-refractivity contribution is -0.406. The van der Waals surface area contributed by atoms with Crippen LogP contribution in [0.4, 0.5) is 0 Å². The normalized spacial score (nSPS) is 36.1. The van der Waals surface area contributed by atoms with Gasteiger partial charge in [-0.3, -0.25) is 19.2 Å². The third kappa shape index (κ3) is 36.0. The fourth-order valence-corrected chi connectivity index (χ4v) is 19.0. The Bertz CT molecular complexity index is 3600. The smallest absolute Gasteiger partial charge is 0.364 e. The van der Waals surface area contributed by atoms with E-state index in [9.17, 15) is 146 Å². The first kappa shape index (κ1) is 123. The van der Waals surface area contributed by atoms with Crippen molar-refractivity contribution < 1.29 is 213 Å². The number of carbonyl (C=O) groups excluding carboxylic acids is 4. The standard InChI is InChI=1S/C94H166N4O43/c1-7-9-11-13-15-17-19-21-22-23-24-25-26-28-30-32-34-36-38-40-64(112)98-54(55(108)39-37-35-33-31-29-27-20-18-16-14-12-10-8-2)49-128-87-77(122)75(120)79(62(47-103)132-87)134-89-78(123)84(141-94(92(126)127)42-57(110)66(96-52(5)106)83(140-94)72(117)61(46-102)138-93(91(124)125)41-56(109)65(95-51(4)105)82(139-93)69(114)58(111)43-99)80(63(48-104)133-89)135-86-67(97-53(6)107)81(71(116)60(45-101)130-86)136-90-85(74(119)70(115)59(44-100)131-90)137-88-76(121)73(118)68(113)50(3)129-88/h37,39,50,54-63,65-90,99-104,108-111,113-123H,7-36,38,40-49H2,1-6H3,(H,95,105)(H,96,106)(H,97,107)(H,98,112)(H,124,125)(H,126,127)/b39-37+/t50?,54-,55+,56?,57?,58+,59?,60?,61+,62?,63?,65+,66+,67?,68+,69+,70-,71-,72+,73?,74-,75+,76-,77?,78?,79+,80-,81+,82?,83?,84+,85?,86-,87+,88+,89-,90-,93+,94-/m0/s1. The zero-order valence-corrected chi connectivity index (χ0v) is 82.0. The Kier molecular flexibility index (Phi) is 54.6. The van der Waals surface area contributed by atoms with Crippen molar-refractivity contribution in [2.75, 3.05) is 46.2 Å². The van der Waals surface area contributed by atoms with Gasteiger partial charge in [-0.15, -0.1) is 0 Å². The molecule has 7 saturated heterocycles. The lowest BCUT2D eigenvalue weighted by Gasteiger charge is -2.53. The van der Waals surface area contributed by atoms with Gasteiger partial charge in [0.15, 0.2) is 31.5 Å². The van der Waals surface area contributed by atoms with Gasteiger partial charge in [0, 0.05) is 40.0 Å². The van der Waals surface area contributed by atoms with Gasteiger partial charge >= 0.3 is 11.9 Å². The summed E-state index contributed by atoms with van der Waals surface area (Å²) in [7, 11) is 0. The minimum Gasteiger partial charge on any atom is -0.477 e. The van der Waals surface area contributed by atoms with E-state index in [1.807, 2.05) is 0 Å². The molecule has 14 unspecified atom stereocenters. The van der Waals surface area contributed by atoms with Crippen LogP contribution in [0, 0.1) is 0 Å². The molecule has 0 spiro atoms. The van der Waals surface area contributed by atoms with Gasteiger partial charge in [0.1, 0.15) is 153 Å². The molecule has 4 amide bonds. The van der Waals surface area contributed by atoms with Crippen LogP contribution >= 0.6 is 0 Å². The SMILES string of the molecule is CCCCCCCCCCCCC/C=C/[C@@H](O)[C@H](CO[C@@H]1OC(CO)[C@@H](O[C@@H]2OC(CO)[C@H](O[C@@H]3OC(CO)[C@H](O)[C@H](O[C@@H]4OC(CO)[C@H](O)[C@H](O)C4O[C@H]4OC(C)[C@@H](O)C(O)[C@@H]4O)C3NC(C)=O)[C@H](O[C@]3(C(=O)O)CC(O)[C@@H](NC(C)=O)C([C@H](O)[C@@H](CO)O[C@]4(C(=O)O)CC(O)[C@@H](NC(C)=O)C([C@H](O)[C@H](O)CO)O4)O3)C2O)[C@H](O)C1O)NC(=O)CCCCCCCCCCCCCCCCCCCCC. The minimum atomic E-state index is -3.75. The highest BCUT2D eigenvalue weighted by molar-refractivity contribution is 5.78. The van der Waals surface area contributed by atoms with E-state index in [1.165, 1.54) is 129 Å². The number of aliphatic hydroxyl groups is 21. The van der Waals surface area contributed by atoms with Crippen LogP contribution in [0.1, 0.15) is 260 Å². The Balaban J connectivity index is 1.21.